The van der Waals surface area contributed by atoms with E-state index in [0.717, 1.165) is 27.8 Å². The first kappa shape index (κ1) is 21.3. The third-order valence-electron chi connectivity index (χ3n) is 4.92. The number of ether oxygens (including phenoxy) is 1. The van der Waals surface area contributed by atoms with Crippen LogP contribution in [0.1, 0.15) is 44.4 Å². The molecule has 0 unspecified atom stereocenters. The van der Waals surface area contributed by atoms with Crippen LogP contribution >= 0.6 is 0 Å². The lowest BCUT2D eigenvalue weighted by Crippen LogP contribution is -2.46. The zero-order valence-electron chi connectivity index (χ0n) is 17.2. The summed E-state index contributed by atoms with van der Waals surface area (Å²) in [5, 5.41) is 9.75. The van der Waals surface area contributed by atoms with E-state index in [1.807, 2.05) is 76.2 Å². The van der Waals surface area contributed by atoms with E-state index < -0.39 is 11.6 Å². The van der Waals surface area contributed by atoms with Gasteiger partial charge in [-0.3, -0.25) is 4.90 Å². The Labute approximate surface area is 167 Å². The Kier molecular flexibility index (Phi) is 6.68. The van der Waals surface area contributed by atoms with Crippen LogP contribution in [0, 0.1) is 0 Å². The van der Waals surface area contributed by atoms with Gasteiger partial charge in [0, 0.05) is 0 Å². The number of allylic oxidation sites excluding steroid dienone is 2. The van der Waals surface area contributed by atoms with E-state index in [1.165, 1.54) is 4.90 Å². The summed E-state index contributed by atoms with van der Waals surface area (Å²) in [6.07, 6.45) is -0.977. The third-order valence-corrected chi connectivity index (χ3v) is 4.92. The minimum atomic E-state index is -0.977. The molecule has 1 amide bonds. The molecule has 2 aromatic rings. The van der Waals surface area contributed by atoms with E-state index in [-0.39, 0.29) is 13.2 Å². The van der Waals surface area contributed by atoms with Crippen LogP contribution in [0.4, 0.5) is 4.79 Å². The fraction of sp³-hybridized carbons (Fsp3) is 0.292. The van der Waals surface area contributed by atoms with Crippen LogP contribution in [0.25, 0.3) is 11.1 Å². The normalized spacial score (nSPS) is 11.0. The van der Waals surface area contributed by atoms with Crippen LogP contribution in [0.5, 0.6) is 5.75 Å². The van der Waals surface area contributed by atoms with Gasteiger partial charge in [-0.2, -0.15) is 0 Å². The minimum absolute atomic E-state index is 0.257. The molecule has 4 heteroatoms. The molecule has 0 aliphatic rings. The van der Waals surface area contributed by atoms with Crippen molar-refractivity contribution in [3.8, 4) is 5.75 Å². The Hall–Kier alpha value is -3.01. The number of hydrogen-bond donors (Lipinski definition) is 1. The molecule has 0 saturated carbocycles. The van der Waals surface area contributed by atoms with Gasteiger partial charge in [-0.25, -0.2) is 4.79 Å². The predicted molar refractivity (Wildman–Crippen MR) is 116 cm³/mol. The van der Waals surface area contributed by atoms with Gasteiger partial charge in [0.1, 0.15) is 12.4 Å². The molecule has 2 aromatic carbocycles. The summed E-state index contributed by atoms with van der Waals surface area (Å²) < 4.78 is 5.76. The van der Waals surface area contributed by atoms with Crippen LogP contribution in [0.15, 0.2) is 61.7 Å². The number of rotatable bonds is 8. The average molecular weight is 380 g/mol. The van der Waals surface area contributed by atoms with E-state index in [0.29, 0.717) is 5.75 Å². The van der Waals surface area contributed by atoms with Crippen LogP contribution in [0.2, 0.25) is 0 Å². The van der Waals surface area contributed by atoms with E-state index in [4.69, 9.17) is 4.74 Å². The smallest absolute Gasteiger partial charge is 0.408 e. The van der Waals surface area contributed by atoms with Gasteiger partial charge in [0.15, 0.2) is 0 Å². The summed E-state index contributed by atoms with van der Waals surface area (Å²) >= 11 is 0. The maximum Gasteiger partial charge on any atom is 0.408 e. The molecule has 0 heterocycles. The zero-order valence-corrected chi connectivity index (χ0v) is 17.2. The lowest BCUT2D eigenvalue weighted by Gasteiger charge is -2.37. The lowest BCUT2D eigenvalue weighted by molar-refractivity contribution is 0.0802. The average Bonchev–Trinajstić information content (AvgIpc) is 2.65. The number of amides is 1. The quantitative estimate of drug-likeness (QED) is 0.608. The predicted octanol–water partition coefficient (Wildman–Crippen LogP) is 6.05. The van der Waals surface area contributed by atoms with Gasteiger partial charge in [0.25, 0.3) is 0 Å². The fourth-order valence-electron chi connectivity index (χ4n) is 3.02. The van der Waals surface area contributed by atoms with Gasteiger partial charge < -0.3 is 9.84 Å². The van der Waals surface area contributed by atoms with Crippen molar-refractivity contribution < 1.29 is 14.6 Å². The van der Waals surface area contributed by atoms with E-state index in [9.17, 15) is 9.90 Å². The highest BCUT2D eigenvalue weighted by atomic mass is 16.5. The van der Waals surface area contributed by atoms with E-state index >= 15 is 0 Å². The van der Waals surface area contributed by atoms with Gasteiger partial charge in [0.2, 0.25) is 0 Å². The lowest BCUT2D eigenvalue weighted by atomic mass is 9.91. The van der Waals surface area contributed by atoms with Crippen molar-refractivity contribution >= 4 is 17.2 Å². The molecular weight excluding hydrogens is 350 g/mol. The molecule has 0 bridgehead atoms. The second-order valence-electron chi connectivity index (χ2n) is 7.50. The molecule has 148 valence electrons. The monoisotopic (exact) mass is 379 g/mol. The second kappa shape index (κ2) is 8.79. The van der Waals surface area contributed by atoms with Gasteiger partial charge in [-0.15, -0.1) is 0 Å². The highest BCUT2D eigenvalue weighted by Gasteiger charge is 2.32. The molecule has 0 aromatic heterocycles. The van der Waals surface area contributed by atoms with Gasteiger partial charge in [-0.05, 0) is 56.5 Å². The molecular formula is C24H29NO3. The van der Waals surface area contributed by atoms with Gasteiger partial charge in [-0.1, -0.05) is 60.7 Å². The summed E-state index contributed by atoms with van der Waals surface area (Å²) in [4.78, 5) is 13.3. The minimum Gasteiger partial charge on any atom is -0.492 e. The van der Waals surface area contributed by atoms with Crippen LogP contribution < -0.4 is 4.74 Å². The zero-order chi connectivity index (χ0) is 20.9. The van der Waals surface area contributed by atoms with Crippen LogP contribution in [-0.2, 0) is 5.54 Å². The highest BCUT2D eigenvalue weighted by molar-refractivity contribution is 5.67. The summed E-state index contributed by atoms with van der Waals surface area (Å²) in [6.45, 7) is 16.1. The first-order valence-corrected chi connectivity index (χ1v) is 9.28. The topological polar surface area (TPSA) is 49.8 Å². The van der Waals surface area contributed by atoms with Gasteiger partial charge in [0.05, 0.1) is 12.1 Å². The van der Waals surface area contributed by atoms with Gasteiger partial charge >= 0.3 is 6.09 Å². The Morgan fingerprint density at radius 3 is 1.86 bits per heavy atom. The Morgan fingerprint density at radius 2 is 1.43 bits per heavy atom. The molecule has 0 aliphatic carbocycles. The van der Waals surface area contributed by atoms with E-state index in [1.54, 1.807) is 0 Å². The number of benzene rings is 2. The SMILES string of the molecule is C=C(C)c1ccc(OCCN(C(=O)O)C(C)(C)c2ccc(C(=C)C)cc2)cc1. The molecule has 2 rings (SSSR count). The summed E-state index contributed by atoms with van der Waals surface area (Å²) in [7, 11) is 0. The summed E-state index contributed by atoms with van der Waals surface area (Å²) in [5.41, 5.74) is 4.30. The molecule has 0 atom stereocenters. The third kappa shape index (κ3) is 5.03. The van der Waals surface area contributed by atoms with E-state index in [2.05, 4.69) is 13.2 Å². The Balaban J connectivity index is 2.07. The fourth-order valence-corrected chi connectivity index (χ4v) is 3.02. The van der Waals surface area contributed by atoms with Crippen molar-refractivity contribution in [1.29, 1.82) is 0 Å². The highest BCUT2D eigenvalue weighted by Crippen LogP contribution is 2.29. The number of hydrogen-bond acceptors (Lipinski definition) is 2. The van der Waals surface area contributed by atoms with Crippen molar-refractivity contribution in [3.05, 3.63) is 78.4 Å². The summed E-state index contributed by atoms with van der Waals surface area (Å²) in [6, 6.07) is 15.5. The second-order valence-corrected chi connectivity index (χ2v) is 7.50. The largest absolute Gasteiger partial charge is 0.492 e. The summed E-state index contributed by atoms with van der Waals surface area (Å²) in [5.74, 6) is 0.707. The maximum atomic E-state index is 11.9. The van der Waals surface area contributed by atoms with Crippen LogP contribution in [0.3, 0.4) is 0 Å². The molecule has 4 nitrogen and oxygen atoms in total. The molecule has 0 fully saturated rings. The van der Waals surface area contributed by atoms with Crippen molar-refractivity contribution in [3.63, 3.8) is 0 Å². The van der Waals surface area contributed by atoms with Crippen LogP contribution in [-0.4, -0.2) is 29.3 Å². The number of nitrogens with zero attached hydrogens (tertiary/aromatic N) is 1. The Morgan fingerprint density at radius 1 is 0.964 bits per heavy atom. The number of carbonyl (C=O) groups is 1. The first-order valence-electron chi connectivity index (χ1n) is 9.28. The first-order chi connectivity index (χ1) is 13.1. The number of carboxylic acid groups (broad SMARTS) is 1. The van der Waals surface area contributed by atoms with Crippen molar-refractivity contribution in [2.24, 2.45) is 0 Å². The molecule has 0 aliphatic heterocycles. The standard InChI is InChI=1S/C24H29NO3/c1-17(2)19-7-11-21(12-8-19)24(5,6)25(23(26)27)15-16-28-22-13-9-20(10-14-22)18(3)4/h7-14H,1,3,15-16H2,2,4-6H3,(H,26,27). The molecule has 0 spiro atoms. The van der Waals surface area contributed by atoms with Crippen molar-refractivity contribution in [1.82, 2.24) is 4.90 Å². The molecule has 28 heavy (non-hydrogen) atoms. The van der Waals surface area contributed by atoms with Crippen molar-refractivity contribution in [2.45, 2.75) is 33.2 Å². The molecule has 0 saturated heterocycles. The molecule has 0 radical (unpaired) electrons. The van der Waals surface area contributed by atoms with Crippen molar-refractivity contribution in [2.75, 3.05) is 13.2 Å². The Bertz CT molecular complexity index is 848. The molecule has 1 N–H and O–H groups in total. The maximum absolute atomic E-state index is 11.9.